The van der Waals surface area contributed by atoms with E-state index in [1.165, 1.54) is 6.92 Å². The molecular weight excluding hydrogens is 218 g/mol. The summed E-state index contributed by atoms with van der Waals surface area (Å²) in [7, 11) is 3.87. The minimum Gasteiger partial charge on any atom is -0.450 e. The largest absolute Gasteiger partial charge is 0.450 e. The fraction of sp³-hybridized carbons (Fsp3) is 0.385. The Balaban J connectivity index is 2.40. The van der Waals surface area contributed by atoms with E-state index < -0.39 is 12.1 Å². The molecule has 1 aromatic carbocycles. The quantitative estimate of drug-likeness (QED) is 0.725. The Morgan fingerprint density at radius 1 is 1.41 bits per heavy atom. The molecule has 1 aliphatic heterocycles. The first-order valence-electron chi connectivity index (χ1n) is 5.50. The molecule has 0 N–H and O–H groups in total. The van der Waals surface area contributed by atoms with Gasteiger partial charge in [-0.15, -0.1) is 0 Å². The third-order valence-electron chi connectivity index (χ3n) is 2.93. The van der Waals surface area contributed by atoms with Crippen molar-refractivity contribution in [1.29, 1.82) is 0 Å². The number of anilines is 1. The van der Waals surface area contributed by atoms with E-state index in [2.05, 4.69) is 0 Å². The smallest absolute Gasteiger partial charge is 0.339 e. The van der Waals surface area contributed by atoms with Crippen LogP contribution in [0.4, 0.5) is 5.69 Å². The molecule has 0 spiro atoms. The molecule has 1 atom stereocenters. The van der Waals surface area contributed by atoms with Crippen LogP contribution in [0.15, 0.2) is 18.2 Å². The normalized spacial score (nSPS) is 18.3. The van der Waals surface area contributed by atoms with Gasteiger partial charge in [-0.05, 0) is 30.7 Å². The van der Waals surface area contributed by atoms with Crippen LogP contribution in [0, 0.1) is 0 Å². The Labute approximate surface area is 100 Å². The van der Waals surface area contributed by atoms with Crippen molar-refractivity contribution in [1.82, 2.24) is 0 Å². The van der Waals surface area contributed by atoms with Crippen LogP contribution in [-0.4, -0.2) is 32.0 Å². The van der Waals surface area contributed by atoms with Crippen molar-refractivity contribution in [2.24, 2.45) is 0 Å². The van der Waals surface area contributed by atoms with Gasteiger partial charge < -0.3 is 9.64 Å². The highest BCUT2D eigenvalue weighted by Gasteiger charge is 2.29. The first kappa shape index (κ1) is 11.6. The number of hydrogen-bond donors (Lipinski definition) is 0. The number of carbonyl (C=O) groups is 2. The Hall–Kier alpha value is -1.84. The number of Topliss-reactive ketones (excluding diaryl/α,β-unsaturated/α-hetero) is 1. The highest BCUT2D eigenvalue weighted by atomic mass is 16.5. The van der Waals surface area contributed by atoms with Crippen molar-refractivity contribution in [3.05, 3.63) is 29.3 Å². The molecule has 0 radical (unpaired) electrons. The lowest BCUT2D eigenvalue weighted by atomic mass is 9.96. The molecule has 0 amide bonds. The molecule has 1 unspecified atom stereocenters. The second-order valence-corrected chi connectivity index (χ2v) is 4.44. The summed E-state index contributed by atoms with van der Waals surface area (Å²) in [6.07, 6.45) is -0.162. The average Bonchev–Trinajstić information content (AvgIpc) is 2.27. The van der Waals surface area contributed by atoms with Crippen LogP contribution < -0.4 is 4.90 Å². The fourth-order valence-electron chi connectivity index (χ4n) is 1.89. The Morgan fingerprint density at radius 2 is 2.12 bits per heavy atom. The minimum atomic E-state index is -0.632. The van der Waals surface area contributed by atoms with Gasteiger partial charge in [0.2, 0.25) is 0 Å². The number of fused-ring (bicyclic) bond motifs is 1. The van der Waals surface area contributed by atoms with E-state index in [9.17, 15) is 9.59 Å². The van der Waals surface area contributed by atoms with E-state index >= 15 is 0 Å². The number of esters is 1. The molecule has 4 nitrogen and oxygen atoms in total. The van der Waals surface area contributed by atoms with E-state index in [1.54, 1.807) is 6.07 Å². The SMILES string of the molecule is CC(=O)C1Cc2cc(N(C)C)ccc2C(=O)O1. The number of benzene rings is 1. The van der Waals surface area contributed by atoms with Crippen LogP contribution in [0.2, 0.25) is 0 Å². The molecule has 90 valence electrons. The van der Waals surface area contributed by atoms with E-state index in [0.29, 0.717) is 12.0 Å². The number of cyclic esters (lactones) is 1. The van der Waals surface area contributed by atoms with Gasteiger partial charge in [0, 0.05) is 26.2 Å². The highest BCUT2D eigenvalue weighted by Crippen LogP contribution is 2.25. The van der Waals surface area contributed by atoms with Gasteiger partial charge in [-0.3, -0.25) is 4.79 Å². The number of hydrogen-bond acceptors (Lipinski definition) is 4. The zero-order valence-corrected chi connectivity index (χ0v) is 10.2. The lowest BCUT2D eigenvalue weighted by Gasteiger charge is -2.24. The van der Waals surface area contributed by atoms with Crippen LogP contribution in [0.5, 0.6) is 0 Å². The summed E-state index contributed by atoms with van der Waals surface area (Å²) in [5, 5.41) is 0. The van der Waals surface area contributed by atoms with Crippen molar-refractivity contribution in [2.45, 2.75) is 19.4 Å². The Bertz CT molecular complexity index is 480. The summed E-state index contributed by atoms with van der Waals surface area (Å²) in [5.41, 5.74) is 2.46. The molecule has 1 heterocycles. The van der Waals surface area contributed by atoms with E-state index in [-0.39, 0.29) is 5.78 Å². The summed E-state index contributed by atoms with van der Waals surface area (Å²) in [6.45, 7) is 1.44. The van der Waals surface area contributed by atoms with Gasteiger partial charge in [-0.1, -0.05) is 0 Å². The highest BCUT2D eigenvalue weighted by molar-refractivity contribution is 5.96. The Kier molecular flexibility index (Phi) is 2.88. The third-order valence-corrected chi connectivity index (χ3v) is 2.93. The van der Waals surface area contributed by atoms with Crippen LogP contribution >= 0.6 is 0 Å². The summed E-state index contributed by atoms with van der Waals surface area (Å²) in [5.74, 6) is -0.518. The number of ether oxygens (including phenoxy) is 1. The predicted molar refractivity (Wildman–Crippen MR) is 64.4 cm³/mol. The van der Waals surface area contributed by atoms with E-state index in [0.717, 1.165) is 11.3 Å². The molecule has 1 aromatic rings. The zero-order valence-electron chi connectivity index (χ0n) is 10.2. The predicted octanol–water partition coefficient (Wildman–Crippen LogP) is 1.42. The maximum atomic E-state index is 11.7. The molecular formula is C13H15NO3. The van der Waals surface area contributed by atoms with Crippen LogP contribution in [0.25, 0.3) is 0 Å². The topological polar surface area (TPSA) is 46.6 Å². The van der Waals surface area contributed by atoms with Gasteiger partial charge in [-0.2, -0.15) is 0 Å². The summed E-state index contributed by atoms with van der Waals surface area (Å²) in [4.78, 5) is 24.9. The average molecular weight is 233 g/mol. The molecule has 0 aliphatic carbocycles. The number of rotatable bonds is 2. The molecule has 4 heteroatoms. The first-order chi connectivity index (χ1) is 7.99. The van der Waals surface area contributed by atoms with Crippen molar-refractivity contribution in [2.75, 3.05) is 19.0 Å². The van der Waals surface area contributed by atoms with Gasteiger partial charge in [0.25, 0.3) is 0 Å². The molecule has 1 aliphatic rings. The third kappa shape index (κ3) is 2.16. The summed E-state index contributed by atoms with van der Waals surface area (Å²) < 4.78 is 5.07. The van der Waals surface area contributed by atoms with Crippen molar-refractivity contribution in [3.63, 3.8) is 0 Å². The molecule has 0 fully saturated rings. The molecule has 0 saturated carbocycles. The van der Waals surface area contributed by atoms with Crippen LogP contribution in [0.1, 0.15) is 22.8 Å². The van der Waals surface area contributed by atoms with Gasteiger partial charge in [0.05, 0.1) is 5.56 Å². The lowest BCUT2D eigenvalue weighted by molar-refractivity contribution is -0.125. The standard InChI is InChI=1S/C13H15NO3/c1-8(15)12-7-9-6-10(14(2)3)4-5-11(9)13(16)17-12/h4-6,12H,7H2,1-3H3. The molecule has 17 heavy (non-hydrogen) atoms. The maximum Gasteiger partial charge on any atom is 0.339 e. The van der Waals surface area contributed by atoms with Crippen molar-refractivity contribution >= 4 is 17.4 Å². The second kappa shape index (κ2) is 4.20. The van der Waals surface area contributed by atoms with Crippen molar-refractivity contribution < 1.29 is 14.3 Å². The van der Waals surface area contributed by atoms with Crippen LogP contribution in [-0.2, 0) is 16.0 Å². The fourth-order valence-corrected chi connectivity index (χ4v) is 1.89. The van der Waals surface area contributed by atoms with Crippen LogP contribution in [0.3, 0.4) is 0 Å². The number of carbonyl (C=O) groups excluding carboxylic acids is 2. The van der Waals surface area contributed by atoms with E-state index in [1.807, 2.05) is 31.1 Å². The monoisotopic (exact) mass is 233 g/mol. The molecule has 0 bridgehead atoms. The van der Waals surface area contributed by atoms with Gasteiger partial charge in [-0.25, -0.2) is 4.79 Å². The van der Waals surface area contributed by atoms with Gasteiger partial charge >= 0.3 is 5.97 Å². The first-order valence-corrected chi connectivity index (χ1v) is 5.50. The molecule has 0 saturated heterocycles. The van der Waals surface area contributed by atoms with Gasteiger partial charge in [0.15, 0.2) is 11.9 Å². The molecule has 2 rings (SSSR count). The number of ketones is 1. The molecule has 0 aromatic heterocycles. The zero-order chi connectivity index (χ0) is 12.6. The van der Waals surface area contributed by atoms with Crippen molar-refractivity contribution in [3.8, 4) is 0 Å². The lowest BCUT2D eigenvalue weighted by Crippen LogP contribution is -2.33. The summed E-state index contributed by atoms with van der Waals surface area (Å²) >= 11 is 0. The number of nitrogens with zero attached hydrogens (tertiary/aromatic N) is 1. The minimum absolute atomic E-state index is 0.112. The maximum absolute atomic E-state index is 11.7. The van der Waals surface area contributed by atoms with Gasteiger partial charge in [0.1, 0.15) is 0 Å². The van der Waals surface area contributed by atoms with E-state index in [4.69, 9.17) is 4.74 Å². The second-order valence-electron chi connectivity index (χ2n) is 4.44. The Morgan fingerprint density at radius 3 is 2.71 bits per heavy atom. The summed E-state index contributed by atoms with van der Waals surface area (Å²) in [6, 6.07) is 5.56.